The molecule has 3 aromatic rings. The molecule has 0 saturated carbocycles. The van der Waals surface area contributed by atoms with Crippen molar-refractivity contribution in [1.29, 1.82) is 0 Å². The van der Waals surface area contributed by atoms with Gasteiger partial charge in [0.15, 0.2) is 0 Å². The van der Waals surface area contributed by atoms with Crippen LogP contribution in [-0.4, -0.2) is 27.7 Å². The third-order valence-electron chi connectivity index (χ3n) is 4.78. The predicted molar refractivity (Wildman–Crippen MR) is 114 cm³/mol. The van der Waals surface area contributed by atoms with Crippen molar-refractivity contribution in [3.8, 4) is 0 Å². The van der Waals surface area contributed by atoms with Crippen LogP contribution >= 0.6 is 0 Å². The van der Waals surface area contributed by atoms with E-state index in [0.29, 0.717) is 0 Å². The van der Waals surface area contributed by atoms with Crippen molar-refractivity contribution < 1.29 is 15.1 Å². The van der Waals surface area contributed by atoms with Gasteiger partial charge in [0.1, 0.15) is 0 Å². The number of nitrogens with one attached hydrogen (secondary N) is 3. The molecule has 2 aromatic carbocycles. The van der Waals surface area contributed by atoms with Crippen molar-refractivity contribution in [3.63, 3.8) is 0 Å². The molecule has 6 nitrogen and oxygen atoms in total. The molecule has 6 heteroatoms. The van der Waals surface area contributed by atoms with Crippen LogP contribution in [-0.2, 0) is 23.4 Å². The summed E-state index contributed by atoms with van der Waals surface area (Å²) in [4.78, 5) is 14.3. The summed E-state index contributed by atoms with van der Waals surface area (Å²) in [6.45, 7) is 5.16. The first-order valence-corrected chi connectivity index (χ1v) is 9.61. The fraction of sp³-hybridized carbons (Fsp3) is 0.261. The van der Waals surface area contributed by atoms with Crippen LogP contribution in [0.1, 0.15) is 36.2 Å². The third kappa shape index (κ3) is 5.77. The van der Waals surface area contributed by atoms with Gasteiger partial charge in [0, 0.05) is 29.2 Å². The Morgan fingerprint density at radius 1 is 1.10 bits per heavy atom. The maximum Gasteiger partial charge on any atom is 0.267 e. The van der Waals surface area contributed by atoms with Crippen LogP contribution < -0.4 is 10.8 Å². The molecule has 1 amide bonds. The van der Waals surface area contributed by atoms with Gasteiger partial charge in [-0.15, -0.1) is 0 Å². The van der Waals surface area contributed by atoms with Crippen molar-refractivity contribution >= 4 is 22.9 Å². The molecule has 0 aliphatic carbocycles. The minimum absolute atomic E-state index is 0.551. The van der Waals surface area contributed by atoms with Crippen LogP contribution in [0.3, 0.4) is 0 Å². The summed E-state index contributed by atoms with van der Waals surface area (Å²) in [6, 6.07) is 16.2. The maximum absolute atomic E-state index is 11.0. The lowest BCUT2D eigenvalue weighted by atomic mass is 10.1. The Balaban J connectivity index is 1.50. The normalized spacial score (nSPS) is 12.0. The topological polar surface area (TPSA) is 97.4 Å². The second-order valence-corrected chi connectivity index (χ2v) is 7.64. The molecule has 152 valence electrons. The molecule has 29 heavy (non-hydrogen) atoms. The first-order valence-electron chi connectivity index (χ1n) is 9.61. The fourth-order valence-electron chi connectivity index (χ4n) is 3.09. The number of amides is 1. The van der Waals surface area contributed by atoms with Crippen LogP contribution in [0.2, 0.25) is 0 Å². The number of fused-ring (bicyclic) bond motifs is 1. The van der Waals surface area contributed by atoms with E-state index in [9.17, 15) is 9.90 Å². The molecular weight excluding hydrogens is 366 g/mol. The lowest BCUT2D eigenvalue weighted by Crippen LogP contribution is -2.16. The van der Waals surface area contributed by atoms with Gasteiger partial charge in [-0.3, -0.25) is 10.0 Å². The third-order valence-corrected chi connectivity index (χ3v) is 4.78. The van der Waals surface area contributed by atoms with E-state index in [1.54, 1.807) is 25.4 Å². The summed E-state index contributed by atoms with van der Waals surface area (Å²) in [6.07, 6.45) is 3.83. The van der Waals surface area contributed by atoms with Crippen LogP contribution in [0.5, 0.6) is 0 Å². The zero-order valence-corrected chi connectivity index (χ0v) is 16.7. The number of H-pyrrole nitrogens is 1. The Morgan fingerprint density at radius 2 is 1.83 bits per heavy atom. The predicted octanol–water partition coefficient (Wildman–Crippen LogP) is 3.25. The highest BCUT2D eigenvalue weighted by Gasteiger charge is 2.18. The summed E-state index contributed by atoms with van der Waals surface area (Å²) in [5.41, 5.74) is 5.83. The van der Waals surface area contributed by atoms with Crippen molar-refractivity contribution in [2.45, 2.75) is 32.4 Å². The molecule has 0 radical (unpaired) electrons. The lowest BCUT2D eigenvalue weighted by molar-refractivity contribution is -0.124. The zero-order chi connectivity index (χ0) is 20.9. The Morgan fingerprint density at radius 3 is 2.52 bits per heavy atom. The van der Waals surface area contributed by atoms with Crippen LogP contribution in [0.25, 0.3) is 17.0 Å². The van der Waals surface area contributed by atoms with E-state index in [2.05, 4.69) is 28.5 Å². The van der Waals surface area contributed by atoms with E-state index in [-0.39, 0.29) is 0 Å². The molecular formula is C23H27N3O3. The molecule has 3 rings (SSSR count). The standard InChI is InChI=1S/C23H27N3O3/c1-23(2,28)21-14-19-13-17(7-9-20(19)25-21)11-12-24-15-18-5-3-16(4-6-18)8-10-22(27)26-29/h3-10,13-14,24-25,28-29H,11-12,15H2,1-2H3,(H,26,27)/b10-8+. The number of benzene rings is 2. The van der Waals surface area contributed by atoms with Gasteiger partial charge in [0.25, 0.3) is 5.91 Å². The fourth-order valence-corrected chi connectivity index (χ4v) is 3.09. The smallest absolute Gasteiger partial charge is 0.267 e. The van der Waals surface area contributed by atoms with E-state index < -0.39 is 11.5 Å². The summed E-state index contributed by atoms with van der Waals surface area (Å²) < 4.78 is 0. The quantitative estimate of drug-likeness (QED) is 0.176. The number of aliphatic hydroxyl groups is 1. The minimum Gasteiger partial charge on any atom is -0.384 e. The maximum atomic E-state index is 11.0. The molecule has 0 saturated heterocycles. The average Bonchev–Trinajstić information content (AvgIpc) is 3.14. The molecule has 1 heterocycles. The minimum atomic E-state index is -0.878. The van der Waals surface area contributed by atoms with Crippen molar-refractivity contribution in [3.05, 3.63) is 77.0 Å². The molecule has 0 bridgehead atoms. The number of carbonyl (C=O) groups excluding carboxylic acids is 1. The van der Waals surface area contributed by atoms with E-state index >= 15 is 0 Å². The highest BCUT2D eigenvalue weighted by Crippen LogP contribution is 2.24. The van der Waals surface area contributed by atoms with Gasteiger partial charge in [0.2, 0.25) is 0 Å². The van der Waals surface area contributed by atoms with Gasteiger partial charge in [-0.25, -0.2) is 5.48 Å². The number of rotatable bonds is 8. The monoisotopic (exact) mass is 393 g/mol. The molecule has 1 aromatic heterocycles. The van der Waals surface area contributed by atoms with E-state index in [4.69, 9.17) is 5.21 Å². The van der Waals surface area contributed by atoms with Crippen LogP contribution in [0.4, 0.5) is 0 Å². The largest absolute Gasteiger partial charge is 0.384 e. The Kier molecular flexibility index (Phi) is 6.49. The van der Waals surface area contributed by atoms with Crippen molar-refractivity contribution in [2.75, 3.05) is 6.54 Å². The number of hydrogen-bond acceptors (Lipinski definition) is 4. The van der Waals surface area contributed by atoms with Gasteiger partial charge >= 0.3 is 0 Å². The molecule has 0 atom stereocenters. The summed E-state index contributed by atoms with van der Waals surface area (Å²) in [5, 5.41) is 23.2. The first kappa shape index (κ1) is 20.8. The number of aromatic amines is 1. The lowest BCUT2D eigenvalue weighted by Gasteiger charge is -2.14. The SMILES string of the molecule is CC(C)(O)c1cc2cc(CCNCc3ccc(/C=C/C(=O)NO)cc3)ccc2[nH]1. The average molecular weight is 393 g/mol. The summed E-state index contributed by atoms with van der Waals surface area (Å²) in [7, 11) is 0. The number of hydroxylamine groups is 1. The second kappa shape index (κ2) is 9.05. The number of hydrogen-bond donors (Lipinski definition) is 5. The first-order chi connectivity index (χ1) is 13.8. The Bertz CT molecular complexity index is 998. The Labute approximate surface area is 170 Å². The van der Waals surface area contributed by atoms with Crippen molar-refractivity contribution in [2.24, 2.45) is 0 Å². The van der Waals surface area contributed by atoms with Gasteiger partial charge in [0.05, 0.1) is 5.60 Å². The Hall–Kier alpha value is -2.93. The number of carbonyl (C=O) groups is 1. The van der Waals surface area contributed by atoms with Gasteiger partial charge < -0.3 is 15.4 Å². The van der Waals surface area contributed by atoms with Crippen LogP contribution in [0, 0.1) is 0 Å². The van der Waals surface area contributed by atoms with E-state index in [1.807, 2.05) is 30.3 Å². The summed E-state index contributed by atoms with van der Waals surface area (Å²) in [5.74, 6) is -0.551. The molecule has 0 aliphatic heterocycles. The zero-order valence-electron chi connectivity index (χ0n) is 16.7. The highest BCUT2D eigenvalue weighted by molar-refractivity contribution is 5.90. The second-order valence-electron chi connectivity index (χ2n) is 7.64. The van der Waals surface area contributed by atoms with Gasteiger partial charge in [-0.1, -0.05) is 30.3 Å². The molecule has 0 spiro atoms. The molecule has 5 N–H and O–H groups in total. The van der Waals surface area contributed by atoms with E-state index in [1.165, 1.54) is 11.6 Å². The van der Waals surface area contributed by atoms with Crippen molar-refractivity contribution in [1.82, 2.24) is 15.8 Å². The molecule has 0 unspecified atom stereocenters. The van der Waals surface area contributed by atoms with Crippen LogP contribution in [0.15, 0.2) is 54.6 Å². The van der Waals surface area contributed by atoms with E-state index in [0.717, 1.165) is 47.2 Å². The molecule has 0 fully saturated rings. The molecule has 0 aliphatic rings. The van der Waals surface area contributed by atoms with Gasteiger partial charge in [-0.2, -0.15) is 0 Å². The summed E-state index contributed by atoms with van der Waals surface area (Å²) >= 11 is 0. The van der Waals surface area contributed by atoms with Gasteiger partial charge in [-0.05, 0) is 67.8 Å². The number of aromatic nitrogens is 1. The highest BCUT2D eigenvalue weighted by atomic mass is 16.5.